The molecule has 22 heavy (non-hydrogen) atoms. The molecule has 0 aromatic heterocycles. The van der Waals surface area contributed by atoms with E-state index in [1.54, 1.807) is 6.92 Å². The van der Waals surface area contributed by atoms with Crippen LogP contribution < -0.4 is 10.6 Å². The summed E-state index contributed by atoms with van der Waals surface area (Å²) in [6.45, 7) is 4.30. The first-order valence-corrected chi connectivity index (χ1v) is 7.66. The van der Waals surface area contributed by atoms with E-state index in [0.29, 0.717) is 39.1 Å². The fraction of sp³-hybridized carbons (Fsp3) is 0.857. The lowest BCUT2D eigenvalue weighted by Crippen LogP contribution is -2.60. The van der Waals surface area contributed by atoms with Gasteiger partial charge < -0.3 is 19.3 Å². The molecule has 2 unspecified atom stereocenters. The molecular weight excluding hydrogens is 292 g/mol. The maximum absolute atomic E-state index is 12.1. The summed E-state index contributed by atoms with van der Waals surface area (Å²) in [7, 11) is 0. The standard InChI is InChI=1S/C14H24N2O6/c1-14(12-15-6-8-20-12,13-16-7-9-21-13)22-11(19)5-3-2-4-10(17)18/h12-13,15-16H,2-9H2,1H3,(H,17,18). The monoisotopic (exact) mass is 316 g/mol. The van der Waals surface area contributed by atoms with Gasteiger partial charge in [0.2, 0.25) is 0 Å². The van der Waals surface area contributed by atoms with Crippen LogP contribution in [-0.4, -0.2) is 61.4 Å². The van der Waals surface area contributed by atoms with Crippen molar-refractivity contribution in [1.82, 2.24) is 10.6 Å². The fourth-order valence-corrected chi connectivity index (χ4v) is 2.67. The molecule has 0 spiro atoms. The third-order valence-corrected chi connectivity index (χ3v) is 3.83. The summed E-state index contributed by atoms with van der Waals surface area (Å²) in [4.78, 5) is 22.5. The number of aliphatic carboxylic acids is 1. The van der Waals surface area contributed by atoms with Crippen LogP contribution >= 0.6 is 0 Å². The van der Waals surface area contributed by atoms with Gasteiger partial charge in [-0.15, -0.1) is 0 Å². The third kappa shape index (κ3) is 4.39. The number of carboxylic acid groups (broad SMARTS) is 1. The second kappa shape index (κ2) is 7.87. The number of ether oxygens (including phenoxy) is 3. The largest absolute Gasteiger partial charge is 0.481 e. The van der Waals surface area contributed by atoms with Gasteiger partial charge in [0.05, 0.1) is 13.2 Å². The van der Waals surface area contributed by atoms with Crippen LogP contribution in [0.15, 0.2) is 0 Å². The quantitative estimate of drug-likeness (QED) is 0.418. The second-order valence-corrected chi connectivity index (χ2v) is 5.67. The Balaban J connectivity index is 1.88. The Bertz CT molecular complexity index is 375. The highest BCUT2D eigenvalue weighted by Crippen LogP contribution is 2.27. The van der Waals surface area contributed by atoms with Crippen LogP contribution in [0.5, 0.6) is 0 Å². The van der Waals surface area contributed by atoms with Crippen LogP contribution in [0.3, 0.4) is 0 Å². The number of carboxylic acids is 1. The molecule has 2 saturated heterocycles. The molecule has 8 heteroatoms. The Morgan fingerprint density at radius 1 is 1.14 bits per heavy atom. The molecule has 0 radical (unpaired) electrons. The first kappa shape index (κ1) is 17.1. The van der Waals surface area contributed by atoms with Crippen LogP contribution in [-0.2, 0) is 23.8 Å². The van der Waals surface area contributed by atoms with Crippen LogP contribution in [0.1, 0.15) is 32.6 Å². The molecular formula is C14H24N2O6. The van der Waals surface area contributed by atoms with E-state index in [2.05, 4.69) is 10.6 Å². The zero-order chi connectivity index (χ0) is 16.0. The fourth-order valence-electron chi connectivity index (χ4n) is 2.67. The molecule has 2 fully saturated rings. The van der Waals surface area contributed by atoms with Gasteiger partial charge in [0.1, 0.15) is 0 Å². The maximum atomic E-state index is 12.1. The van der Waals surface area contributed by atoms with Gasteiger partial charge in [0, 0.05) is 25.9 Å². The van der Waals surface area contributed by atoms with Crippen molar-refractivity contribution >= 4 is 11.9 Å². The molecule has 8 nitrogen and oxygen atoms in total. The number of unbranched alkanes of at least 4 members (excludes halogenated alkanes) is 1. The van der Waals surface area contributed by atoms with Crippen molar-refractivity contribution in [2.24, 2.45) is 0 Å². The molecule has 2 heterocycles. The Labute approximate surface area is 129 Å². The van der Waals surface area contributed by atoms with Crippen molar-refractivity contribution in [3.63, 3.8) is 0 Å². The number of nitrogens with one attached hydrogen (secondary N) is 2. The van der Waals surface area contributed by atoms with Gasteiger partial charge in [-0.2, -0.15) is 0 Å². The average molecular weight is 316 g/mol. The zero-order valence-corrected chi connectivity index (χ0v) is 12.8. The molecule has 0 saturated carbocycles. The summed E-state index contributed by atoms with van der Waals surface area (Å²) in [6, 6.07) is 0. The number of esters is 1. The second-order valence-electron chi connectivity index (χ2n) is 5.67. The lowest BCUT2D eigenvalue weighted by molar-refractivity contribution is -0.199. The van der Waals surface area contributed by atoms with Gasteiger partial charge in [-0.3, -0.25) is 20.2 Å². The van der Waals surface area contributed by atoms with Crippen molar-refractivity contribution in [3.8, 4) is 0 Å². The molecule has 2 rings (SSSR count). The van der Waals surface area contributed by atoms with Gasteiger partial charge in [0.25, 0.3) is 0 Å². The number of carbonyl (C=O) groups is 2. The molecule has 0 aromatic rings. The van der Waals surface area contributed by atoms with Gasteiger partial charge in [-0.1, -0.05) is 0 Å². The average Bonchev–Trinajstić information content (AvgIpc) is 3.15. The summed E-state index contributed by atoms with van der Waals surface area (Å²) < 4.78 is 16.9. The van der Waals surface area contributed by atoms with Crippen molar-refractivity contribution in [1.29, 1.82) is 0 Å². The van der Waals surface area contributed by atoms with E-state index in [-0.39, 0.29) is 18.8 Å². The summed E-state index contributed by atoms with van der Waals surface area (Å²) in [5.41, 5.74) is -0.961. The van der Waals surface area contributed by atoms with Crippen LogP contribution in [0.2, 0.25) is 0 Å². The first-order chi connectivity index (χ1) is 10.5. The van der Waals surface area contributed by atoms with E-state index in [9.17, 15) is 9.59 Å². The highest BCUT2D eigenvalue weighted by Gasteiger charge is 2.49. The Kier molecular flexibility index (Phi) is 6.13. The van der Waals surface area contributed by atoms with E-state index >= 15 is 0 Å². The van der Waals surface area contributed by atoms with E-state index < -0.39 is 24.0 Å². The zero-order valence-electron chi connectivity index (χ0n) is 12.8. The lowest BCUT2D eigenvalue weighted by Gasteiger charge is -2.38. The van der Waals surface area contributed by atoms with Gasteiger partial charge in [-0.25, -0.2) is 0 Å². The molecule has 2 atom stereocenters. The molecule has 2 aliphatic heterocycles. The predicted molar refractivity (Wildman–Crippen MR) is 76.1 cm³/mol. The van der Waals surface area contributed by atoms with Gasteiger partial charge in [-0.05, 0) is 19.8 Å². The summed E-state index contributed by atoms with van der Waals surface area (Å²) in [5, 5.41) is 14.9. The van der Waals surface area contributed by atoms with E-state index in [4.69, 9.17) is 19.3 Å². The molecule has 0 aromatic carbocycles. The topological polar surface area (TPSA) is 106 Å². The van der Waals surface area contributed by atoms with Crippen molar-refractivity contribution in [3.05, 3.63) is 0 Å². The van der Waals surface area contributed by atoms with E-state index in [1.807, 2.05) is 0 Å². The predicted octanol–water partition coefficient (Wildman–Crippen LogP) is -0.175. The minimum Gasteiger partial charge on any atom is -0.481 e. The van der Waals surface area contributed by atoms with Crippen LogP contribution in [0.4, 0.5) is 0 Å². The molecule has 2 aliphatic rings. The summed E-state index contributed by atoms with van der Waals surface area (Å²) >= 11 is 0. The van der Waals surface area contributed by atoms with Crippen molar-refractivity contribution in [2.45, 2.75) is 50.7 Å². The van der Waals surface area contributed by atoms with Gasteiger partial charge in [0.15, 0.2) is 18.1 Å². The minimum absolute atomic E-state index is 0.0606. The van der Waals surface area contributed by atoms with Crippen molar-refractivity contribution < 1.29 is 28.9 Å². The third-order valence-electron chi connectivity index (χ3n) is 3.83. The summed E-state index contributed by atoms with van der Waals surface area (Å²) in [6.07, 6.45) is 0.335. The van der Waals surface area contributed by atoms with E-state index in [0.717, 1.165) is 0 Å². The number of carbonyl (C=O) groups excluding carboxylic acids is 1. The molecule has 0 amide bonds. The highest BCUT2D eigenvalue weighted by molar-refractivity contribution is 5.70. The number of rotatable bonds is 8. The van der Waals surface area contributed by atoms with Gasteiger partial charge >= 0.3 is 11.9 Å². The van der Waals surface area contributed by atoms with Crippen LogP contribution in [0.25, 0.3) is 0 Å². The number of hydrogen-bond acceptors (Lipinski definition) is 7. The highest BCUT2D eigenvalue weighted by atomic mass is 16.6. The van der Waals surface area contributed by atoms with Crippen molar-refractivity contribution in [2.75, 3.05) is 26.3 Å². The lowest BCUT2D eigenvalue weighted by atomic mass is 10.0. The Morgan fingerprint density at radius 2 is 1.68 bits per heavy atom. The van der Waals surface area contributed by atoms with E-state index in [1.165, 1.54) is 0 Å². The smallest absolute Gasteiger partial charge is 0.306 e. The maximum Gasteiger partial charge on any atom is 0.306 e. The SMILES string of the molecule is CC(OC(=O)CCCCC(=O)O)(C1NCCO1)C1NCCO1. The molecule has 0 aliphatic carbocycles. The Morgan fingerprint density at radius 3 is 2.14 bits per heavy atom. The molecule has 0 bridgehead atoms. The Hall–Kier alpha value is -1.22. The normalized spacial score (nSPS) is 27.5. The van der Waals surface area contributed by atoms with Crippen LogP contribution in [0, 0.1) is 0 Å². The number of hydrogen-bond donors (Lipinski definition) is 3. The first-order valence-electron chi connectivity index (χ1n) is 7.66. The summed E-state index contributed by atoms with van der Waals surface area (Å²) in [5.74, 6) is -1.23. The molecule has 3 N–H and O–H groups in total. The molecule has 126 valence electrons. The minimum atomic E-state index is -0.961.